The molecule has 4 nitrogen and oxygen atoms in total. The summed E-state index contributed by atoms with van der Waals surface area (Å²) in [6.45, 7) is 2.14. The van der Waals surface area contributed by atoms with Crippen molar-refractivity contribution in [2.24, 2.45) is 0 Å². The SMILES string of the molecule is Cc1ccccc1-c1ccc(-c2nc(-c3ccccc3)nc(-c3cc4oc5cccc(-c6ccc(-c7ccccc7)cc6)c5c4cc3-c3ccccc3)n2)cc1. The molecular formula is C52H35N3O. The zero-order valence-electron chi connectivity index (χ0n) is 30.7. The van der Waals surface area contributed by atoms with Crippen molar-refractivity contribution >= 4 is 21.9 Å². The van der Waals surface area contributed by atoms with Gasteiger partial charge < -0.3 is 4.42 Å². The Morgan fingerprint density at radius 2 is 0.786 bits per heavy atom. The summed E-state index contributed by atoms with van der Waals surface area (Å²) in [5.41, 5.74) is 14.6. The van der Waals surface area contributed by atoms with Crippen molar-refractivity contribution in [3.8, 4) is 78.7 Å². The highest BCUT2D eigenvalue weighted by Gasteiger charge is 2.21. The fourth-order valence-corrected chi connectivity index (χ4v) is 7.66. The summed E-state index contributed by atoms with van der Waals surface area (Å²) in [6, 6.07) is 67.4. The third-order valence-electron chi connectivity index (χ3n) is 10.5. The Hall–Kier alpha value is -7.43. The summed E-state index contributed by atoms with van der Waals surface area (Å²) in [5, 5.41) is 2.11. The lowest BCUT2D eigenvalue weighted by Gasteiger charge is -2.13. The smallest absolute Gasteiger partial charge is 0.164 e. The van der Waals surface area contributed by atoms with Gasteiger partial charge in [0, 0.05) is 27.5 Å². The number of furan rings is 1. The van der Waals surface area contributed by atoms with E-state index in [0.29, 0.717) is 17.5 Å². The van der Waals surface area contributed by atoms with E-state index in [2.05, 4.69) is 153 Å². The maximum Gasteiger partial charge on any atom is 0.164 e. The molecule has 8 aromatic carbocycles. The van der Waals surface area contributed by atoms with Gasteiger partial charge in [-0.05, 0) is 75.2 Å². The fraction of sp³-hybridized carbons (Fsp3) is 0.0192. The summed E-state index contributed by atoms with van der Waals surface area (Å²) in [5.74, 6) is 1.79. The lowest BCUT2D eigenvalue weighted by molar-refractivity contribution is 0.669. The first-order valence-electron chi connectivity index (χ1n) is 18.9. The molecule has 0 aliphatic rings. The molecular weight excluding hydrogens is 683 g/mol. The summed E-state index contributed by atoms with van der Waals surface area (Å²) in [4.78, 5) is 15.4. The predicted molar refractivity (Wildman–Crippen MR) is 230 cm³/mol. The van der Waals surface area contributed by atoms with Crippen molar-refractivity contribution in [3.05, 3.63) is 200 Å². The van der Waals surface area contributed by atoms with Crippen LogP contribution in [0.5, 0.6) is 0 Å². The van der Waals surface area contributed by atoms with Gasteiger partial charge in [0.25, 0.3) is 0 Å². The molecule has 4 heteroatoms. The molecule has 0 amide bonds. The number of nitrogens with zero attached hydrogens (tertiary/aromatic N) is 3. The van der Waals surface area contributed by atoms with Crippen LogP contribution in [-0.2, 0) is 0 Å². The van der Waals surface area contributed by atoms with Gasteiger partial charge in [0.05, 0.1) is 0 Å². The highest BCUT2D eigenvalue weighted by molar-refractivity contribution is 6.14. The van der Waals surface area contributed by atoms with Gasteiger partial charge in [0.15, 0.2) is 17.5 Å². The Bertz CT molecular complexity index is 2990. The lowest BCUT2D eigenvalue weighted by Crippen LogP contribution is -2.01. The second kappa shape index (κ2) is 14.1. The summed E-state index contributed by atoms with van der Waals surface area (Å²) in [7, 11) is 0. The summed E-state index contributed by atoms with van der Waals surface area (Å²) in [6.07, 6.45) is 0. The zero-order chi connectivity index (χ0) is 37.4. The van der Waals surface area contributed by atoms with E-state index in [4.69, 9.17) is 19.4 Å². The molecule has 0 aliphatic carbocycles. The molecule has 0 bridgehead atoms. The second-order valence-electron chi connectivity index (χ2n) is 14.0. The van der Waals surface area contributed by atoms with Crippen LogP contribution in [0.3, 0.4) is 0 Å². The Balaban J connectivity index is 1.15. The van der Waals surface area contributed by atoms with Crippen LogP contribution in [-0.4, -0.2) is 15.0 Å². The monoisotopic (exact) mass is 717 g/mol. The molecule has 0 unspecified atom stereocenters. The van der Waals surface area contributed by atoms with Crippen molar-refractivity contribution in [2.75, 3.05) is 0 Å². The van der Waals surface area contributed by atoms with Crippen LogP contribution < -0.4 is 0 Å². The molecule has 0 spiro atoms. The van der Waals surface area contributed by atoms with Crippen LogP contribution in [0.4, 0.5) is 0 Å². The van der Waals surface area contributed by atoms with Gasteiger partial charge in [-0.25, -0.2) is 15.0 Å². The van der Waals surface area contributed by atoms with Crippen molar-refractivity contribution in [2.45, 2.75) is 6.92 Å². The van der Waals surface area contributed by atoms with Crippen LogP contribution in [0.1, 0.15) is 5.56 Å². The molecule has 264 valence electrons. The largest absolute Gasteiger partial charge is 0.456 e. The van der Waals surface area contributed by atoms with Gasteiger partial charge >= 0.3 is 0 Å². The van der Waals surface area contributed by atoms with Crippen LogP contribution in [0.15, 0.2) is 199 Å². The van der Waals surface area contributed by atoms with Crippen molar-refractivity contribution in [1.82, 2.24) is 15.0 Å². The molecule has 0 N–H and O–H groups in total. The van der Waals surface area contributed by atoms with Gasteiger partial charge in [0.1, 0.15) is 11.2 Å². The first kappa shape index (κ1) is 33.2. The Labute approximate surface area is 325 Å². The Morgan fingerprint density at radius 1 is 0.321 bits per heavy atom. The van der Waals surface area contributed by atoms with E-state index < -0.39 is 0 Å². The van der Waals surface area contributed by atoms with Gasteiger partial charge in [-0.1, -0.05) is 176 Å². The number of hydrogen-bond acceptors (Lipinski definition) is 4. The van der Waals surface area contributed by atoms with Crippen molar-refractivity contribution in [1.29, 1.82) is 0 Å². The number of rotatable bonds is 7. The van der Waals surface area contributed by atoms with Crippen LogP contribution in [0, 0.1) is 6.92 Å². The van der Waals surface area contributed by atoms with Crippen LogP contribution >= 0.6 is 0 Å². The van der Waals surface area contributed by atoms with E-state index in [1.54, 1.807) is 0 Å². The molecule has 2 heterocycles. The van der Waals surface area contributed by atoms with Gasteiger partial charge in [0.2, 0.25) is 0 Å². The van der Waals surface area contributed by atoms with E-state index in [0.717, 1.165) is 66.4 Å². The van der Waals surface area contributed by atoms with Crippen molar-refractivity contribution in [3.63, 3.8) is 0 Å². The molecule has 0 saturated heterocycles. The van der Waals surface area contributed by atoms with Crippen LogP contribution in [0.2, 0.25) is 0 Å². The summed E-state index contributed by atoms with van der Waals surface area (Å²) < 4.78 is 6.68. The third-order valence-corrected chi connectivity index (χ3v) is 10.5. The molecule has 2 aromatic heterocycles. The summed E-state index contributed by atoms with van der Waals surface area (Å²) >= 11 is 0. The number of fused-ring (bicyclic) bond motifs is 3. The normalized spacial score (nSPS) is 11.3. The number of benzene rings is 8. The minimum Gasteiger partial charge on any atom is -0.456 e. The molecule has 0 aliphatic heterocycles. The number of aromatic nitrogens is 3. The van der Waals surface area contributed by atoms with E-state index >= 15 is 0 Å². The van der Waals surface area contributed by atoms with Gasteiger partial charge in [-0.3, -0.25) is 0 Å². The zero-order valence-corrected chi connectivity index (χ0v) is 30.7. The van der Waals surface area contributed by atoms with E-state index in [1.807, 2.05) is 48.5 Å². The highest BCUT2D eigenvalue weighted by Crippen LogP contribution is 2.42. The average Bonchev–Trinajstić information content (AvgIpc) is 3.65. The van der Waals surface area contributed by atoms with Gasteiger partial charge in [-0.2, -0.15) is 0 Å². The molecule has 56 heavy (non-hydrogen) atoms. The highest BCUT2D eigenvalue weighted by atomic mass is 16.3. The number of aryl methyl sites for hydroxylation is 1. The topological polar surface area (TPSA) is 51.8 Å². The average molecular weight is 718 g/mol. The predicted octanol–water partition coefficient (Wildman–Crippen LogP) is 13.7. The molecule has 0 atom stereocenters. The molecule has 0 saturated carbocycles. The Kier molecular flexibility index (Phi) is 8.34. The minimum atomic E-state index is 0.578. The van der Waals surface area contributed by atoms with Crippen LogP contribution in [0.25, 0.3) is 101 Å². The molecule has 10 rings (SSSR count). The van der Waals surface area contributed by atoms with E-state index in [-0.39, 0.29) is 0 Å². The minimum absolute atomic E-state index is 0.578. The third kappa shape index (κ3) is 6.13. The first-order valence-corrected chi connectivity index (χ1v) is 18.9. The number of hydrogen-bond donors (Lipinski definition) is 0. The lowest BCUT2D eigenvalue weighted by atomic mass is 9.93. The fourth-order valence-electron chi connectivity index (χ4n) is 7.66. The molecule has 0 fully saturated rings. The molecule has 10 aromatic rings. The van der Waals surface area contributed by atoms with Crippen molar-refractivity contribution < 1.29 is 4.42 Å². The molecule has 0 radical (unpaired) electrons. The quantitative estimate of drug-likeness (QED) is 0.165. The van der Waals surface area contributed by atoms with Gasteiger partial charge in [-0.15, -0.1) is 0 Å². The van der Waals surface area contributed by atoms with E-state index in [9.17, 15) is 0 Å². The Morgan fingerprint density at radius 3 is 1.45 bits per heavy atom. The standard InChI is InChI=1S/C52H35N3O/c1-34-14-11-12-21-42(34)38-28-30-41(31-29-38)51-53-50(40-19-9-4-10-20-40)54-52(55-51)45-33-48-46(32-44(45)37-17-7-3-8-18-37)49-43(22-13-23-47(49)56-48)39-26-24-36(25-27-39)35-15-5-2-6-16-35/h2-33H,1H3. The maximum atomic E-state index is 6.68. The maximum absolute atomic E-state index is 6.68. The first-order chi connectivity index (χ1) is 27.7. The second-order valence-corrected chi connectivity index (χ2v) is 14.0. The van der Waals surface area contributed by atoms with E-state index in [1.165, 1.54) is 22.3 Å².